The van der Waals surface area contributed by atoms with E-state index in [1.54, 1.807) is 6.92 Å². The molecule has 2 rings (SSSR count). The number of alkyl halides is 3. The molecule has 1 aliphatic rings. The van der Waals surface area contributed by atoms with E-state index in [0.29, 0.717) is 5.56 Å². The number of carboxylic acid groups (broad SMARTS) is 1. The van der Waals surface area contributed by atoms with Crippen LogP contribution in [0.1, 0.15) is 25.0 Å². The number of hydrogen-bond donors (Lipinski definition) is 1. The van der Waals surface area contributed by atoms with E-state index < -0.39 is 23.8 Å². The first-order chi connectivity index (χ1) is 9.70. The van der Waals surface area contributed by atoms with Crippen LogP contribution in [-0.4, -0.2) is 23.4 Å². The number of benzene rings is 1. The van der Waals surface area contributed by atoms with Crippen LogP contribution in [0.3, 0.4) is 0 Å². The average Bonchev–Trinajstić information content (AvgIpc) is 2.38. The second-order valence-corrected chi connectivity index (χ2v) is 4.52. The molecule has 7 heteroatoms. The summed E-state index contributed by atoms with van der Waals surface area (Å²) in [6, 6.07) is 2.96. The summed E-state index contributed by atoms with van der Waals surface area (Å²) >= 11 is 5.82. The molecule has 21 heavy (non-hydrogen) atoms. The van der Waals surface area contributed by atoms with Crippen LogP contribution in [0.2, 0.25) is 5.02 Å². The van der Waals surface area contributed by atoms with Crippen LogP contribution >= 0.6 is 11.6 Å². The van der Waals surface area contributed by atoms with Gasteiger partial charge in [-0.3, -0.25) is 0 Å². The Labute approximate surface area is 125 Å². The third kappa shape index (κ3) is 3.69. The Bertz CT molecular complexity index is 580. The molecular weight excluding hydrogens is 309 g/mol. The molecule has 0 saturated carbocycles. The van der Waals surface area contributed by atoms with Gasteiger partial charge in [0, 0.05) is 5.56 Å². The Morgan fingerprint density at radius 3 is 2.38 bits per heavy atom. The first kappa shape index (κ1) is 17.4. The van der Waals surface area contributed by atoms with Crippen molar-refractivity contribution >= 4 is 23.6 Å². The van der Waals surface area contributed by atoms with Crippen LogP contribution < -0.4 is 4.74 Å². The maximum atomic E-state index is 12.8. The highest BCUT2D eigenvalue weighted by atomic mass is 35.5. The maximum absolute atomic E-state index is 12.8. The second kappa shape index (κ2) is 6.39. The minimum absolute atomic E-state index is 0.0185. The van der Waals surface area contributed by atoms with E-state index in [-0.39, 0.29) is 16.3 Å². The molecule has 0 aromatic heterocycles. The summed E-state index contributed by atoms with van der Waals surface area (Å²) in [5, 5.41) is 8.87. The van der Waals surface area contributed by atoms with Gasteiger partial charge in [0.25, 0.3) is 0 Å². The van der Waals surface area contributed by atoms with E-state index in [0.717, 1.165) is 6.08 Å². The fourth-order valence-electron chi connectivity index (χ4n) is 1.83. The summed E-state index contributed by atoms with van der Waals surface area (Å²) in [6.45, 7) is 5.69. The molecule has 1 N–H and O–H groups in total. The molecule has 1 unspecified atom stereocenters. The molecule has 0 amide bonds. The predicted molar refractivity (Wildman–Crippen MR) is 73.6 cm³/mol. The fourth-order valence-corrected chi connectivity index (χ4v) is 2.15. The van der Waals surface area contributed by atoms with Crippen LogP contribution in [0.15, 0.2) is 17.7 Å². The van der Waals surface area contributed by atoms with Crippen molar-refractivity contribution in [3.8, 4) is 5.75 Å². The number of fused-ring (bicyclic) bond motifs is 1. The molecule has 1 aromatic carbocycles. The molecule has 1 aliphatic heterocycles. The number of ether oxygens (including phenoxy) is 1. The zero-order valence-electron chi connectivity index (χ0n) is 11.6. The van der Waals surface area contributed by atoms with E-state index in [2.05, 4.69) is 0 Å². The highest BCUT2D eigenvalue weighted by molar-refractivity contribution is 6.32. The van der Waals surface area contributed by atoms with Crippen molar-refractivity contribution in [2.24, 2.45) is 0 Å². The lowest BCUT2D eigenvalue weighted by molar-refractivity contribution is -0.187. The topological polar surface area (TPSA) is 46.5 Å². The van der Waals surface area contributed by atoms with E-state index in [4.69, 9.17) is 21.4 Å². The summed E-state index contributed by atoms with van der Waals surface area (Å²) in [5.74, 6) is -1.83. The number of carbonyl (C=O) groups is 1. The van der Waals surface area contributed by atoms with Crippen molar-refractivity contribution in [1.82, 2.24) is 0 Å². The van der Waals surface area contributed by atoms with Gasteiger partial charge in [-0.1, -0.05) is 25.4 Å². The Hall–Kier alpha value is -1.69. The number of halogens is 4. The summed E-state index contributed by atoms with van der Waals surface area (Å²) < 4.78 is 43.1. The van der Waals surface area contributed by atoms with E-state index >= 15 is 0 Å². The SMILES string of the molecule is CC.Cc1cc(Cl)c2c(c1)C=C(C(=O)O)C(C(F)(F)F)O2. The molecule has 0 saturated heterocycles. The van der Waals surface area contributed by atoms with Gasteiger partial charge in [-0.05, 0) is 30.7 Å². The normalized spacial score (nSPS) is 16.9. The highest BCUT2D eigenvalue weighted by Crippen LogP contribution is 2.41. The van der Waals surface area contributed by atoms with Gasteiger partial charge in [0.2, 0.25) is 6.10 Å². The lowest BCUT2D eigenvalue weighted by Crippen LogP contribution is -2.40. The number of rotatable bonds is 1. The molecule has 0 spiro atoms. The number of carboxylic acids is 1. The van der Waals surface area contributed by atoms with Crippen molar-refractivity contribution in [2.45, 2.75) is 33.1 Å². The molecule has 3 nitrogen and oxygen atoms in total. The molecule has 116 valence electrons. The molecule has 0 fully saturated rings. The molecule has 1 atom stereocenters. The number of aryl methyl sites for hydroxylation is 1. The standard InChI is InChI=1S/C12H8ClF3O3.C2H6/c1-5-2-6-4-7(11(17)18)10(12(14,15)16)19-9(6)8(13)3-5;1-2/h2-4,10H,1H3,(H,17,18);1-2H3. The Balaban J connectivity index is 0.00000106. The number of hydrogen-bond acceptors (Lipinski definition) is 2. The quantitative estimate of drug-likeness (QED) is 0.830. The largest absolute Gasteiger partial charge is 0.478 e. The molecule has 0 radical (unpaired) electrons. The van der Waals surface area contributed by atoms with Crippen LogP contribution in [0, 0.1) is 6.92 Å². The van der Waals surface area contributed by atoms with Crippen molar-refractivity contribution in [2.75, 3.05) is 0 Å². The monoisotopic (exact) mass is 322 g/mol. The summed E-state index contributed by atoms with van der Waals surface area (Å²) in [6.07, 6.45) is -6.40. The lowest BCUT2D eigenvalue weighted by atomic mass is 10.00. The van der Waals surface area contributed by atoms with Crippen molar-refractivity contribution in [3.63, 3.8) is 0 Å². The van der Waals surface area contributed by atoms with Gasteiger partial charge >= 0.3 is 12.1 Å². The summed E-state index contributed by atoms with van der Waals surface area (Å²) in [7, 11) is 0. The molecule has 0 bridgehead atoms. The Kier molecular flexibility index (Phi) is 5.28. The van der Waals surface area contributed by atoms with Crippen LogP contribution in [0.5, 0.6) is 5.75 Å². The first-order valence-electron chi connectivity index (χ1n) is 6.18. The minimum Gasteiger partial charge on any atom is -0.478 e. The second-order valence-electron chi connectivity index (χ2n) is 4.11. The highest BCUT2D eigenvalue weighted by Gasteiger charge is 2.48. The van der Waals surface area contributed by atoms with E-state index in [1.807, 2.05) is 13.8 Å². The van der Waals surface area contributed by atoms with Crippen LogP contribution in [-0.2, 0) is 4.79 Å². The van der Waals surface area contributed by atoms with Gasteiger partial charge in [-0.2, -0.15) is 13.2 Å². The summed E-state index contributed by atoms with van der Waals surface area (Å²) in [4.78, 5) is 10.9. The van der Waals surface area contributed by atoms with E-state index in [1.165, 1.54) is 12.1 Å². The molecule has 1 aromatic rings. The first-order valence-corrected chi connectivity index (χ1v) is 6.56. The predicted octanol–water partition coefficient (Wildman–Crippen LogP) is 4.47. The molecular formula is C14H14ClF3O3. The Morgan fingerprint density at radius 1 is 1.33 bits per heavy atom. The van der Waals surface area contributed by atoms with Crippen LogP contribution in [0.4, 0.5) is 13.2 Å². The lowest BCUT2D eigenvalue weighted by Gasteiger charge is -2.27. The van der Waals surface area contributed by atoms with Crippen LogP contribution in [0.25, 0.3) is 6.08 Å². The van der Waals surface area contributed by atoms with E-state index in [9.17, 15) is 18.0 Å². The summed E-state index contributed by atoms with van der Waals surface area (Å²) in [5.41, 5.74) is 0.0587. The third-order valence-electron chi connectivity index (χ3n) is 2.59. The number of aliphatic carboxylic acids is 1. The minimum atomic E-state index is -4.82. The van der Waals surface area contributed by atoms with Crippen molar-refractivity contribution in [3.05, 3.63) is 33.9 Å². The zero-order valence-corrected chi connectivity index (χ0v) is 12.3. The van der Waals surface area contributed by atoms with Gasteiger partial charge in [-0.15, -0.1) is 0 Å². The van der Waals surface area contributed by atoms with Crippen molar-refractivity contribution in [1.29, 1.82) is 0 Å². The average molecular weight is 323 g/mol. The van der Waals surface area contributed by atoms with Crippen molar-refractivity contribution < 1.29 is 27.8 Å². The fraction of sp³-hybridized carbons (Fsp3) is 0.357. The van der Waals surface area contributed by atoms with Gasteiger partial charge in [-0.25, -0.2) is 4.79 Å². The smallest absolute Gasteiger partial charge is 0.430 e. The third-order valence-corrected chi connectivity index (χ3v) is 2.87. The van der Waals surface area contributed by atoms with Gasteiger partial charge in [0.15, 0.2) is 0 Å². The van der Waals surface area contributed by atoms with Gasteiger partial charge in [0.05, 0.1) is 10.6 Å². The maximum Gasteiger partial charge on any atom is 0.430 e. The molecule has 1 heterocycles. The Morgan fingerprint density at radius 2 is 1.90 bits per heavy atom. The van der Waals surface area contributed by atoms with Gasteiger partial charge in [0.1, 0.15) is 5.75 Å². The van der Waals surface area contributed by atoms with Gasteiger partial charge < -0.3 is 9.84 Å². The molecule has 0 aliphatic carbocycles. The zero-order chi connectivity index (χ0) is 16.4.